The summed E-state index contributed by atoms with van der Waals surface area (Å²) in [6.07, 6.45) is -4.66. The molecule has 0 aliphatic carbocycles. The number of aliphatic carboxylic acids is 1. The van der Waals surface area contributed by atoms with E-state index in [2.05, 4.69) is 4.74 Å². The lowest BCUT2D eigenvalue weighted by molar-refractivity contribution is -0.163. The summed E-state index contributed by atoms with van der Waals surface area (Å²) in [4.78, 5) is 10.3. The van der Waals surface area contributed by atoms with E-state index in [0.29, 0.717) is 0 Å². The average Bonchev–Trinajstić information content (AvgIpc) is 2.03. The van der Waals surface area contributed by atoms with Crippen molar-refractivity contribution in [3.8, 4) is 0 Å². The maximum Gasteiger partial charge on any atom is 0.335 e. The maximum atomic E-state index is 10.3. The molecule has 0 rings (SSSR count). The molecule has 0 aliphatic rings. The molecule has 0 spiro atoms. The molecule has 0 saturated heterocycles. The molecular weight excluding hydrogens is 168 g/mol. The number of hydrogen-bond acceptors (Lipinski definition) is 5. The summed E-state index contributed by atoms with van der Waals surface area (Å²) in [5, 5.41) is 34.6. The number of carboxylic acids is 1. The van der Waals surface area contributed by atoms with Gasteiger partial charge in [0.2, 0.25) is 0 Å². The number of hydrogen-bond donors (Lipinski definition) is 4. The van der Waals surface area contributed by atoms with E-state index in [1.54, 1.807) is 0 Å². The Bertz CT molecular complexity index is 147. The third-order valence-corrected chi connectivity index (χ3v) is 1.39. The molecule has 4 N–H and O–H groups in total. The Hall–Kier alpha value is -0.690. The monoisotopic (exact) mass is 180 g/mol. The summed E-state index contributed by atoms with van der Waals surface area (Å²) in [7, 11) is 1.09. The van der Waals surface area contributed by atoms with Crippen molar-refractivity contribution in [1.29, 1.82) is 0 Å². The Morgan fingerprint density at radius 1 is 1.50 bits per heavy atom. The summed E-state index contributed by atoms with van der Waals surface area (Å²) in [6.45, 7) is -0.714. The molecule has 0 bridgehead atoms. The van der Waals surface area contributed by atoms with E-state index in [-0.39, 0.29) is 0 Å². The molecule has 0 amide bonds. The van der Waals surface area contributed by atoms with E-state index in [9.17, 15) is 4.79 Å². The number of ether oxygens (including phenoxy) is 1. The number of rotatable bonds is 5. The first-order valence-corrected chi connectivity index (χ1v) is 3.27. The highest BCUT2D eigenvalue weighted by molar-refractivity contribution is 5.73. The van der Waals surface area contributed by atoms with E-state index >= 15 is 0 Å². The summed E-state index contributed by atoms with van der Waals surface area (Å²) in [6, 6.07) is 0. The van der Waals surface area contributed by atoms with Crippen LogP contribution in [0.25, 0.3) is 0 Å². The second-order valence-electron chi connectivity index (χ2n) is 2.24. The molecule has 6 heteroatoms. The SMILES string of the molecule is CO[C@@H](C(=O)O)[C@@H](O)[C@H](O)CO. The van der Waals surface area contributed by atoms with Crippen LogP contribution in [0.2, 0.25) is 0 Å². The molecule has 0 heterocycles. The molecule has 0 aliphatic heterocycles. The summed E-state index contributed by atoms with van der Waals surface area (Å²) in [5.41, 5.74) is 0. The Morgan fingerprint density at radius 2 is 2.00 bits per heavy atom. The fourth-order valence-corrected chi connectivity index (χ4v) is 0.696. The molecule has 0 aromatic heterocycles. The molecule has 0 fully saturated rings. The smallest absolute Gasteiger partial charge is 0.335 e. The quantitative estimate of drug-likeness (QED) is 0.382. The van der Waals surface area contributed by atoms with Crippen LogP contribution in [-0.4, -0.2) is 58.4 Å². The van der Waals surface area contributed by atoms with Crippen LogP contribution < -0.4 is 0 Å². The zero-order valence-electron chi connectivity index (χ0n) is 6.54. The molecule has 72 valence electrons. The van der Waals surface area contributed by atoms with Gasteiger partial charge in [-0.25, -0.2) is 4.79 Å². The van der Waals surface area contributed by atoms with Crippen molar-refractivity contribution in [2.45, 2.75) is 18.3 Å². The van der Waals surface area contributed by atoms with Crippen molar-refractivity contribution in [3.05, 3.63) is 0 Å². The lowest BCUT2D eigenvalue weighted by atomic mass is 10.1. The average molecular weight is 180 g/mol. The van der Waals surface area contributed by atoms with E-state index in [1.165, 1.54) is 0 Å². The first-order valence-electron chi connectivity index (χ1n) is 3.27. The minimum atomic E-state index is -1.63. The number of methoxy groups -OCH3 is 1. The largest absolute Gasteiger partial charge is 0.479 e. The Labute approximate surface area is 69.0 Å². The van der Waals surface area contributed by atoms with E-state index < -0.39 is 30.9 Å². The predicted octanol–water partition coefficient (Wildman–Crippen LogP) is -2.20. The molecule has 0 saturated carbocycles. The maximum absolute atomic E-state index is 10.3. The van der Waals surface area contributed by atoms with Gasteiger partial charge in [-0.3, -0.25) is 0 Å². The van der Waals surface area contributed by atoms with Gasteiger partial charge in [0.05, 0.1) is 6.61 Å². The fraction of sp³-hybridized carbons (Fsp3) is 0.833. The van der Waals surface area contributed by atoms with E-state index in [1.807, 2.05) is 0 Å². The first kappa shape index (κ1) is 11.3. The van der Waals surface area contributed by atoms with Crippen LogP contribution in [0, 0.1) is 0 Å². The lowest BCUT2D eigenvalue weighted by Gasteiger charge is -2.20. The van der Waals surface area contributed by atoms with Gasteiger partial charge in [-0.2, -0.15) is 0 Å². The van der Waals surface area contributed by atoms with Crippen molar-refractivity contribution in [1.82, 2.24) is 0 Å². The minimum absolute atomic E-state index is 0.714. The Kier molecular flexibility index (Phi) is 4.75. The Balaban J connectivity index is 4.20. The molecule has 0 unspecified atom stereocenters. The molecule has 3 atom stereocenters. The highest BCUT2D eigenvalue weighted by Crippen LogP contribution is 2.03. The fourth-order valence-electron chi connectivity index (χ4n) is 0.696. The van der Waals surface area contributed by atoms with Crippen LogP contribution in [0.1, 0.15) is 0 Å². The molecule has 0 aromatic carbocycles. The normalized spacial score (nSPS) is 18.3. The lowest BCUT2D eigenvalue weighted by Crippen LogP contribution is -2.44. The van der Waals surface area contributed by atoms with Crippen molar-refractivity contribution in [3.63, 3.8) is 0 Å². The summed E-state index contributed by atoms with van der Waals surface area (Å²) < 4.78 is 4.38. The van der Waals surface area contributed by atoms with E-state index in [4.69, 9.17) is 20.4 Å². The van der Waals surface area contributed by atoms with Gasteiger partial charge in [-0.15, -0.1) is 0 Å². The molecule has 0 aromatic rings. The van der Waals surface area contributed by atoms with Gasteiger partial charge < -0.3 is 25.2 Å². The standard InChI is InChI=1S/C6H12O6/c1-12-5(6(10)11)4(9)3(8)2-7/h3-5,7-9H,2H2,1H3,(H,10,11)/t3-,4+,5-/m1/s1. The van der Waals surface area contributed by atoms with Crippen LogP contribution in [-0.2, 0) is 9.53 Å². The van der Waals surface area contributed by atoms with Crippen molar-refractivity contribution >= 4 is 5.97 Å². The molecule has 12 heavy (non-hydrogen) atoms. The second-order valence-corrected chi connectivity index (χ2v) is 2.24. The van der Waals surface area contributed by atoms with Crippen LogP contribution in [0.4, 0.5) is 0 Å². The third-order valence-electron chi connectivity index (χ3n) is 1.39. The van der Waals surface area contributed by atoms with E-state index in [0.717, 1.165) is 7.11 Å². The zero-order valence-corrected chi connectivity index (χ0v) is 6.54. The number of aliphatic hydroxyl groups excluding tert-OH is 3. The predicted molar refractivity (Wildman–Crippen MR) is 37.5 cm³/mol. The Morgan fingerprint density at radius 3 is 2.25 bits per heavy atom. The van der Waals surface area contributed by atoms with Gasteiger partial charge in [-0.05, 0) is 0 Å². The number of aliphatic hydroxyl groups is 3. The summed E-state index contributed by atoms with van der Waals surface area (Å²) in [5.74, 6) is -1.39. The number of carboxylic acid groups (broad SMARTS) is 1. The van der Waals surface area contributed by atoms with Crippen molar-refractivity contribution < 1.29 is 30.0 Å². The third kappa shape index (κ3) is 2.74. The molecule has 6 nitrogen and oxygen atoms in total. The zero-order chi connectivity index (χ0) is 9.72. The van der Waals surface area contributed by atoms with Gasteiger partial charge in [0.15, 0.2) is 6.10 Å². The van der Waals surface area contributed by atoms with Gasteiger partial charge >= 0.3 is 5.97 Å². The first-order chi connectivity index (χ1) is 5.54. The van der Waals surface area contributed by atoms with Gasteiger partial charge in [0.25, 0.3) is 0 Å². The van der Waals surface area contributed by atoms with Gasteiger partial charge in [0.1, 0.15) is 12.2 Å². The second kappa shape index (κ2) is 5.04. The van der Waals surface area contributed by atoms with Gasteiger partial charge in [0, 0.05) is 7.11 Å². The van der Waals surface area contributed by atoms with Crippen LogP contribution in [0.3, 0.4) is 0 Å². The highest BCUT2D eigenvalue weighted by atomic mass is 16.5. The molecular formula is C6H12O6. The van der Waals surface area contributed by atoms with Crippen LogP contribution in [0.15, 0.2) is 0 Å². The molecule has 0 radical (unpaired) electrons. The minimum Gasteiger partial charge on any atom is -0.479 e. The van der Waals surface area contributed by atoms with Gasteiger partial charge in [-0.1, -0.05) is 0 Å². The van der Waals surface area contributed by atoms with Crippen LogP contribution >= 0.6 is 0 Å². The van der Waals surface area contributed by atoms with Crippen LogP contribution in [0.5, 0.6) is 0 Å². The van der Waals surface area contributed by atoms with Crippen molar-refractivity contribution in [2.24, 2.45) is 0 Å². The summed E-state index contributed by atoms with van der Waals surface area (Å²) >= 11 is 0. The van der Waals surface area contributed by atoms with Crippen molar-refractivity contribution in [2.75, 3.05) is 13.7 Å². The topological polar surface area (TPSA) is 107 Å². The highest BCUT2D eigenvalue weighted by Gasteiger charge is 2.31. The number of carbonyl (C=O) groups is 1.